The minimum absolute atomic E-state index is 0.00604. The van der Waals surface area contributed by atoms with Crippen LogP contribution >= 0.6 is 11.8 Å². The summed E-state index contributed by atoms with van der Waals surface area (Å²) in [5.74, 6) is 2.21. The van der Waals surface area contributed by atoms with Crippen molar-refractivity contribution < 1.29 is 16.8 Å². The Labute approximate surface area is 520 Å². The summed E-state index contributed by atoms with van der Waals surface area (Å²) in [6, 6.07) is 16.9. The highest BCUT2D eigenvalue weighted by Crippen LogP contribution is 2.30. The van der Waals surface area contributed by atoms with Crippen molar-refractivity contribution >= 4 is 55.4 Å². The number of fused-ring (bicyclic) bond motifs is 4. The summed E-state index contributed by atoms with van der Waals surface area (Å²) in [6.07, 6.45) is 29.4. The van der Waals surface area contributed by atoms with Crippen molar-refractivity contribution in [1.82, 2.24) is 45.2 Å². The van der Waals surface area contributed by atoms with E-state index in [0.29, 0.717) is 57.7 Å². The number of piperidine rings is 4. The van der Waals surface area contributed by atoms with Gasteiger partial charge in [0.2, 0.25) is 17.8 Å². The van der Waals surface area contributed by atoms with Crippen LogP contribution < -0.4 is 42.3 Å². The van der Waals surface area contributed by atoms with Gasteiger partial charge >= 0.3 is 0 Å². The molecule has 4 aliphatic heterocycles. The van der Waals surface area contributed by atoms with Crippen molar-refractivity contribution in [3.05, 3.63) is 153 Å². The van der Waals surface area contributed by atoms with Crippen LogP contribution in [0.15, 0.2) is 101 Å². The van der Waals surface area contributed by atoms with Crippen LogP contribution in [0.4, 0.5) is 17.8 Å². The summed E-state index contributed by atoms with van der Waals surface area (Å²) in [6.45, 7) is 8.40. The lowest BCUT2D eigenvalue weighted by Crippen LogP contribution is -2.37. The summed E-state index contributed by atoms with van der Waals surface area (Å²) in [4.78, 5) is 85.7. The normalized spacial score (nSPS) is 19.8. The van der Waals surface area contributed by atoms with E-state index < -0.39 is 30.2 Å². The molecule has 0 radical (unpaired) electrons. The zero-order valence-electron chi connectivity index (χ0n) is 50.8. The van der Waals surface area contributed by atoms with Gasteiger partial charge in [-0.25, -0.2) is 36.8 Å². The zero-order chi connectivity index (χ0) is 61.5. The van der Waals surface area contributed by atoms with E-state index in [1.165, 1.54) is 95.5 Å². The molecule has 23 heteroatoms. The Morgan fingerprint density at radius 1 is 0.443 bits per heavy atom. The third kappa shape index (κ3) is 16.2. The molecule has 5 N–H and O–H groups in total. The summed E-state index contributed by atoms with van der Waals surface area (Å²) < 4.78 is 51.2. The van der Waals surface area contributed by atoms with Crippen molar-refractivity contribution in [3.8, 4) is 0 Å². The number of nitrogens with zero attached hydrogens (tertiary/aromatic N) is 7. The molecule has 2 atom stereocenters. The van der Waals surface area contributed by atoms with Crippen molar-refractivity contribution in [2.75, 3.05) is 73.3 Å². The number of aryl methyl sites for hydroxylation is 4. The predicted molar refractivity (Wildman–Crippen MR) is 349 cm³/mol. The van der Waals surface area contributed by atoms with Gasteiger partial charge in [-0.2, -0.15) is 0 Å². The molecule has 0 bridgehead atoms. The maximum absolute atomic E-state index is 12.9. The molecule has 20 nitrogen and oxygen atoms in total. The standard InChI is InChI=1S/C19H23N3O3S.C15H16N2O3S2.C13H19N3O.C13H17N3O.C5H11N/c23-18-16-13-15(26(24,25)14-7-3-1-4-8-14)9-10-17(16)20-19(21-18)22-11-5-2-6-12-22;1-21-15-16-13-8-7-11(9-12(13)14(18)17-15)22(19,20)10-5-3-2-4-6-10;2*17-12-10-6-2-3-7-11(10)14-13(15-12)16-8-4-1-5-9-16;1-2-4-6-5-3-1/h1,3-4,7-8,15H,2,5-6,9-13H2,(H,20,21,23);2-6,11H,7-9H2,1H3,(H,16,17,18);1-9H2,(H,14,15,17);2,6H,1,3-5,7-9H2,(H,14,15,17);6H,1-5H2. The van der Waals surface area contributed by atoms with Crippen LogP contribution in [0, 0.1) is 0 Å². The lowest BCUT2D eigenvalue weighted by Gasteiger charge is -2.29. The number of aromatic nitrogens is 8. The molecule has 0 amide bonds. The second-order valence-corrected chi connectivity index (χ2v) is 29.2. The van der Waals surface area contributed by atoms with Crippen LogP contribution in [-0.4, -0.2) is 126 Å². The average molecular weight is 1260 g/mol. The van der Waals surface area contributed by atoms with Crippen LogP contribution in [-0.2, 0) is 64.6 Å². The van der Waals surface area contributed by atoms with Gasteiger partial charge in [0.25, 0.3) is 22.2 Å². The van der Waals surface area contributed by atoms with E-state index in [-0.39, 0.29) is 35.1 Å². The van der Waals surface area contributed by atoms with Crippen molar-refractivity contribution in [1.29, 1.82) is 0 Å². The third-order valence-electron chi connectivity index (χ3n) is 17.9. The van der Waals surface area contributed by atoms with Crippen LogP contribution in [0.2, 0.25) is 0 Å². The lowest BCUT2D eigenvalue weighted by molar-refractivity contribution is 0.520. The van der Waals surface area contributed by atoms with Gasteiger partial charge in [-0.15, -0.1) is 0 Å². The summed E-state index contributed by atoms with van der Waals surface area (Å²) in [7, 11) is -6.87. The first kappa shape index (κ1) is 64.3. The molecule has 8 aliphatic rings. The minimum Gasteiger partial charge on any atom is -0.342 e. The lowest BCUT2D eigenvalue weighted by atomic mass is 9.97. The number of hydrogen-bond donors (Lipinski definition) is 5. The number of hydrogen-bond acceptors (Lipinski definition) is 17. The number of nitrogens with one attached hydrogen (secondary N) is 5. The van der Waals surface area contributed by atoms with Crippen molar-refractivity contribution in [2.45, 2.75) is 180 Å². The molecule has 2 aromatic carbocycles. The van der Waals surface area contributed by atoms with Crippen LogP contribution in [0.25, 0.3) is 6.08 Å². The topological polar surface area (TPSA) is 273 Å². The number of aromatic amines is 4. The molecule has 6 aromatic rings. The number of sulfone groups is 2. The molecule has 4 aliphatic carbocycles. The largest absolute Gasteiger partial charge is 0.342 e. The fraction of sp³-hybridized carbons (Fsp3) is 0.538. The SMILES string of the molecule is C1CCNCC1.CSc1nc2c(c(=O)[nH]1)CC(S(=O)(=O)c1ccccc1)CC2.O=c1[nH]c(N2CCCCC2)nc2c1C=CCC2.O=c1[nH]c(N2CCCCC2)nc2c1CC(S(=O)(=O)c1ccccc1)CC2.O=c1[nH]c(N2CCCCC2)nc2c1CCCC2. The Hall–Kier alpha value is -6.69. The predicted octanol–water partition coefficient (Wildman–Crippen LogP) is 8.03. The second-order valence-electron chi connectivity index (χ2n) is 23.9. The maximum Gasteiger partial charge on any atom is 0.259 e. The summed E-state index contributed by atoms with van der Waals surface area (Å²) in [5, 5.41) is 2.73. The molecule has 8 heterocycles. The van der Waals surface area contributed by atoms with Crippen LogP contribution in [0.3, 0.4) is 0 Å². The van der Waals surface area contributed by atoms with Gasteiger partial charge in [0.1, 0.15) is 0 Å². The van der Waals surface area contributed by atoms with E-state index in [9.17, 15) is 36.0 Å². The van der Waals surface area contributed by atoms with E-state index in [2.05, 4.69) is 59.9 Å². The maximum atomic E-state index is 12.9. The highest BCUT2D eigenvalue weighted by Gasteiger charge is 2.35. The van der Waals surface area contributed by atoms with Crippen LogP contribution in [0.5, 0.6) is 0 Å². The molecule has 0 spiro atoms. The Morgan fingerprint density at radius 2 is 0.864 bits per heavy atom. The fourth-order valence-corrected chi connectivity index (χ4v) is 16.7. The second kappa shape index (κ2) is 30.7. The quantitative estimate of drug-likeness (QED) is 0.0712. The molecule has 472 valence electrons. The van der Waals surface area contributed by atoms with E-state index in [4.69, 9.17) is 0 Å². The zero-order valence-corrected chi connectivity index (χ0v) is 53.3. The average Bonchev–Trinajstić information content (AvgIpc) is 1.95. The van der Waals surface area contributed by atoms with Gasteiger partial charge < -0.3 is 25.0 Å². The van der Waals surface area contributed by atoms with Gasteiger partial charge in [0, 0.05) is 56.0 Å². The monoisotopic (exact) mass is 1260 g/mol. The highest BCUT2D eigenvalue weighted by atomic mass is 32.2. The first-order valence-electron chi connectivity index (χ1n) is 32.0. The first-order valence-corrected chi connectivity index (χ1v) is 36.3. The Bertz CT molecular complexity index is 3800. The number of H-pyrrole nitrogens is 4. The number of thioether (sulfide) groups is 1. The highest BCUT2D eigenvalue weighted by molar-refractivity contribution is 7.98. The number of allylic oxidation sites excluding steroid dienone is 1. The molecular formula is C65H86N12O8S3. The summed E-state index contributed by atoms with van der Waals surface area (Å²) >= 11 is 1.37. The van der Waals surface area contributed by atoms with E-state index in [1.807, 2.05) is 18.4 Å². The smallest absolute Gasteiger partial charge is 0.259 e. The molecule has 14 rings (SSSR count). The molecule has 4 aromatic heterocycles. The molecule has 2 unspecified atom stereocenters. The van der Waals surface area contributed by atoms with Gasteiger partial charge in [-0.1, -0.05) is 66.7 Å². The van der Waals surface area contributed by atoms with Gasteiger partial charge in [0.05, 0.1) is 48.6 Å². The fourth-order valence-electron chi connectivity index (χ4n) is 12.8. The van der Waals surface area contributed by atoms with Crippen molar-refractivity contribution in [3.63, 3.8) is 0 Å². The Balaban J connectivity index is 0.000000127. The Morgan fingerprint density at radius 3 is 1.33 bits per heavy atom. The van der Waals surface area contributed by atoms with E-state index in [1.54, 1.807) is 60.7 Å². The minimum atomic E-state index is -3.44. The molecule has 0 saturated carbocycles. The third-order valence-corrected chi connectivity index (χ3v) is 22.9. The van der Waals surface area contributed by atoms with Crippen molar-refractivity contribution in [2.24, 2.45) is 0 Å². The number of rotatable bonds is 8. The number of benzene rings is 2. The van der Waals surface area contributed by atoms with Crippen LogP contribution in [0.1, 0.15) is 154 Å². The van der Waals surface area contributed by atoms with E-state index in [0.717, 1.165) is 130 Å². The van der Waals surface area contributed by atoms with Gasteiger partial charge in [-0.3, -0.25) is 34.1 Å². The first-order chi connectivity index (χ1) is 42.8. The van der Waals surface area contributed by atoms with Gasteiger partial charge in [0.15, 0.2) is 24.8 Å². The number of anilines is 3. The molecule has 88 heavy (non-hydrogen) atoms. The van der Waals surface area contributed by atoms with Gasteiger partial charge in [-0.05, 0) is 191 Å². The Kier molecular flexibility index (Phi) is 22.4. The van der Waals surface area contributed by atoms with E-state index >= 15 is 0 Å². The molecule has 4 fully saturated rings. The summed E-state index contributed by atoms with van der Waals surface area (Å²) in [5.41, 5.74) is 5.88. The molecule has 4 saturated heterocycles. The molecular weight excluding hydrogens is 1170 g/mol.